The number of nitrogens with zero attached hydrogens (tertiary/aromatic N) is 4. The van der Waals surface area contributed by atoms with E-state index in [1.165, 1.54) is 6.07 Å². The van der Waals surface area contributed by atoms with Crippen LogP contribution in [0.1, 0.15) is 34.8 Å². The van der Waals surface area contributed by atoms with Gasteiger partial charge in [-0.2, -0.15) is 18.4 Å². The SMILES string of the molecule is CCOC[C@@]12CCN(C(=O)c3cccnc3)C[C@@H]1CN(c1ccc(C#N)c(C(F)(F)F)c1)C2. The number of carbonyl (C=O) groups is 1. The molecule has 9 heteroatoms. The zero-order chi connectivity index (χ0) is 23.6. The molecule has 0 aliphatic carbocycles. The van der Waals surface area contributed by atoms with Crippen molar-refractivity contribution < 1.29 is 22.7 Å². The van der Waals surface area contributed by atoms with Crippen LogP contribution in [0.25, 0.3) is 0 Å². The number of ether oxygens (including phenoxy) is 1. The average Bonchev–Trinajstić information content (AvgIpc) is 3.21. The summed E-state index contributed by atoms with van der Waals surface area (Å²) in [5, 5.41) is 9.10. The van der Waals surface area contributed by atoms with Crippen LogP contribution in [0.4, 0.5) is 18.9 Å². The second kappa shape index (κ2) is 9.02. The summed E-state index contributed by atoms with van der Waals surface area (Å²) in [6, 6.07) is 8.94. The Balaban J connectivity index is 1.60. The van der Waals surface area contributed by atoms with Gasteiger partial charge in [0.1, 0.15) is 0 Å². The van der Waals surface area contributed by atoms with Gasteiger partial charge in [-0.15, -0.1) is 0 Å². The van der Waals surface area contributed by atoms with Crippen LogP contribution < -0.4 is 4.90 Å². The van der Waals surface area contributed by atoms with Crippen LogP contribution in [0.3, 0.4) is 0 Å². The molecular formula is C24H25F3N4O2. The molecule has 0 spiro atoms. The summed E-state index contributed by atoms with van der Waals surface area (Å²) in [6.45, 7) is 5.04. The van der Waals surface area contributed by atoms with Crippen LogP contribution in [0.2, 0.25) is 0 Å². The fourth-order valence-corrected chi connectivity index (χ4v) is 4.94. The van der Waals surface area contributed by atoms with Gasteiger partial charge in [0.25, 0.3) is 5.91 Å². The van der Waals surface area contributed by atoms with E-state index in [1.807, 2.05) is 11.8 Å². The van der Waals surface area contributed by atoms with Gasteiger partial charge in [-0.05, 0) is 43.7 Å². The molecule has 0 saturated carbocycles. The van der Waals surface area contributed by atoms with Crippen molar-refractivity contribution in [3.63, 3.8) is 0 Å². The lowest BCUT2D eigenvalue weighted by Crippen LogP contribution is -2.51. The van der Waals surface area contributed by atoms with E-state index in [4.69, 9.17) is 10.00 Å². The molecule has 2 aromatic rings. The number of pyridine rings is 1. The highest BCUT2D eigenvalue weighted by atomic mass is 19.4. The third-order valence-electron chi connectivity index (χ3n) is 6.72. The summed E-state index contributed by atoms with van der Waals surface area (Å²) in [5.74, 6) is -0.0484. The molecule has 174 valence electrons. The summed E-state index contributed by atoms with van der Waals surface area (Å²) in [7, 11) is 0. The average molecular weight is 458 g/mol. The molecule has 6 nitrogen and oxygen atoms in total. The van der Waals surface area contributed by atoms with Crippen molar-refractivity contribution in [2.24, 2.45) is 11.3 Å². The lowest BCUT2D eigenvalue weighted by Gasteiger charge is -2.43. The molecule has 0 unspecified atom stereocenters. The molecule has 2 aliphatic rings. The Morgan fingerprint density at radius 1 is 1.33 bits per heavy atom. The van der Waals surface area contributed by atoms with Crippen molar-refractivity contribution in [2.45, 2.75) is 19.5 Å². The van der Waals surface area contributed by atoms with E-state index >= 15 is 0 Å². The fourth-order valence-electron chi connectivity index (χ4n) is 4.94. The number of amides is 1. The minimum absolute atomic E-state index is 0.0448. The van der Waals surface area contributed by atoms with Crippen molar-refractivity contribution in [3.8, 4) is 6.07 Å². The van der Waals surface area contributed by atoms with E-state index < -0.39 is 11.7 Å². The van der Waals surface area contributed by atoms with Gasteiger partial charge in [-0.25, -0.2) is 0 Å². The number of benzene rings is 1. The highest BCUT2D eigenvalue weighted by molar-refractivity contribution is 5.94. The normalized spacial score (nSPS) is 22.7. The standard InChI is InChI=1S/C24H25F3N4O2/c1-2-33-16-23-7-9-30(22(32)18-4-3-8-29-12-18)13-19(23)14-31(15-23)20-6-5-17(11-28)21(10-20)24(25,26)27/h3-6,8,10,12,19H,2,7,9,13-16H2,1H3/t19-,23+/m1/s1. The van der Waals surface area contributed by atoms with Crippen molar-refractivity contribution in [2.75, 3.05) is 44.3 Å². The quantitative estimate of drug-likeness (QED) is 0.678. The molecule has 1 amide bonds. The van der Waals surface area contributed by atoms with E-state index in [0.717, 1.165) is 6.07 Å². The van der Waals surface area contributed by atoms with Crippen LogP contribution in [0.5, 0.6) is 0 Å². The summed E-state index contributed by atoms with van der Waals surface area (Å²) >= 11 is 0. The van der Waals surface area contributed by atoms with Crippen LogP contribution in [-0.2, 0) is 10.9 Å². The molecule has 1 aromatic carbocycles. The number of nitriles is 1. The van der Waals surface area contributed by atoms with Crippen LogP contribution in [0, 0.1) is 22.7 Å². The van der Waals surface area contributed by atoms with Crippen LogP contribution >= 0.6 is 0 Å². The number of carbonyl (C=O) groups excluding carboxylic acids is 1. The van der Waals surface area contributed by atoms with Gasteiger partial charge in [-0.1, -0.05) is 0 Å². The van der Waals surface area contributed by atoms with Gasteiger partial charge < -0.3 is 14.5 Å². The third kappa shape index (κ3) is 4.53. The number of alkyl halides is 3. The van der Waals surface area contributed by atoms with E-state index in [-0.39, 0.29) is 22.8 Å². The first-order chi connectivity index (χ1) is 15.8. The molecule has 2 atom stereocenters. The third-order valence-corrected chi connectivity index (χ3v) is 6.72. The van der Waals surface area contributed by atoms with Gasteiger partial charge in [0.2, 0.25) is 0 Å². The Hall–Kier alpha value is -3.12. The topological polar surface area (TPSA) is 69.5 Å². The van der Waals surface area contributed by atoms with Crippen molar-refractivity contribution in [3.05, 3.63) is 59.4 Å². The number of hydrogen-bond donors (Lipinski definition) is 0. The van der Waals surface area contributed by atoms with Crippen LogP contribution in [0.15, 0.2) is 42.7 Å². The second-order valence-electron chi connectivity index (χ2n) is 8.66. The maximum Gasteiger partial charge on any atom is 0.417 e. The number of likely N-dealkylation sites (tertiary alicyclic amines) is 1. The maximum atomic E-state index is 13.5. The minimum Gasteiger partial charge on any atom is -0.381 e. The summed E-state index contributed by atoms with van der Waals surface area (Å²) in [5.41, 5.74) is -0.623. The molecule has 0 bridgehead atoms. The molecule has 2 aliphatic heterocycles. The molecular weight excluding hydrogens is 433 g/mol. The van der Waals surface area contributed by atoms with Crippen molar-refractivity contribution in [1.29, 1.82) is 5.26 Å². The number of anilines is 1. The number of piperidine rings is 1. The molecule has 0 N–H and O–H groups in total. The van der Waals surface area contributed by atoms with Crippen LogP contribution in [-0.4, -0.2) is 55.2 Å². The highest BCUT2D eigenvalue weighted by Crippen LogP contribution is 2.45. The molecule has 1 aromatic heterocycles. The lowest BCUT2D eigenvalue weighted by molar-refractivity contribution is -0.137. The summed E-state index contributed by atoms with van der Waals surface area (Å²) in [4.78, 5) is 20.7. The number of aromatic nitrogens is 1. The first kappa shape index (κ1) is 23.1. The molecule has 2 saturated heterocycles. The Labute approximate surface area is 190 Å². The molecule has 2 fully saturated rings. The van der Waals surface area contributed by atoms with Gasteiger partial charge in [0.05, 0.1) is 29.4 Å². The molecule has 0 radical (unpaired) electrons. The Bertz CT molecular complexity index is 1050. The van der Waals surface area contributed by atoms with E-state index in [9.17, 15) is 18.0 Å². The number of halogens is 3. The van der Waals surface area contributed by atoms with Crippen molar-refractivity contribution >= 4 is 11.6 Å². The van der Waals surface area contributed by atoms with Gasteiger partial charge >= 0.3 is 6.18 Å². The second-order valence-corrected chi connectivity index (χ2v) is 8.66. The summed E-state index contributed by atoms with van der Waals surface area (Å²) in [6.07, 6.45) is -0.755. The fraction of sp³-hybridized carbons (Fsp3) is 0.458. The zero-order valence-corrected chi connectivity index (χ0v) is 18.3. The Morgan fingerprint density at radius 2 is 2.15 bits per heavy atom. The summed E-state index contributed by atoms with van der Waals surface area (Å²) < 4.78 is 46.3. The van der Waals surface area contributed by atoms with Gasteiger partial charge in [0, 0.05) is 62.2 Å². The first-order valence-corrected chi connectivity index (χ1v) is 10.9. The lowest BCUT2D eigenvalue weighted by atomic mass is 9.73. The predicted molar refractivity (Wildman–Crippen MR) is 116 cm³/mol. The predicted octanol–water partition coefficient (Wildman–Crippen LogP) is 3.98. The first-order valence-electron chi connectivity index (χ1n) is 10.9. The van der Waals surface area contributed by atoms with E-state index in [1.54, 1.807) is 41.6 Å². The number of hydrogen-bond acceptors (Lipinski definition) is 5. The van der Waals surface area contributed by atoms with Crippen molar-refractivity contribution in [1.82, 2.24) is 9.88 Å². The molecule has 33 heavy (non-hydrogen) atoms. The maximum absolute atomic E-state index is 13.5. The Morgan fingerprint density at radius 3 is 2.82 bits per heavy atom. The monoisotopic (exact) mass is 458 g/mol. The van der Waals surface area contributed by atoms with E-state index in [0.29, 0.717) is 57.1 Å². The highest BCUT2D eigenvalue weighted by Gasteiger charge is 2.50. The van der Waals surface area contributed by atoms with Gasteiger partial charge in [0.15, 0.2) is 0 Å². The largest absolute Gasteiger partial charge is 0.417 e. The Kier molecular flexibility index (Phi) is 6.30. The van der Waals surface area contributed by atoms with Gasteiger partial charge in [-0.3, -0.25) is 9.78 Å². The number of fused-ring (bicyclic) bond motifs is 1. The smallest absolute Gasteiger partial charge is 0.381 e. The molecule has 3 heterocycles. The number of rotatable bonds is 5. The zero-order valence-electron chi connectivity index (χ0n) is 18.3. The molecule has 4 rings (SSSR count). The minimum atomic E-state index is -4.61. The van der Waals surface area contributed by atoms with E-state index in [2.05, 4.69) is 4.98 Å².